The monoisotopic (exact) mass is 443 g/mol. The van der Waals surface area contributed by atoms with Gasteiger partial charge in [-0.15, -0.1) is 0 Å². The van der Waals surface area contributed by atoms with Crippen molar-refractivity contribution in [1.82, 2.24) is 4.90 Å². The maximum atomic E-state index is 12.4. The number of likely N-dealkylation sites (tertiary alicyclic amines) is 1. The van der Waals surface area contributed by atoms with Gasteiger partial charge in [0.1, 0.15) is 0 Å². The Morgan fingerprint density at radius 3 is 2.25 bits per heavy atom. The van der Waals surface area contributed by atoms with Crippen LogP contribution in [0.3, 0.4) is 0 Å². The first kappa shape index (κ1) is 22.3. The zero-order chi connectivity index (χ0) is 22.5. The molecular weight excluding hydrogens is 414 g/mol. The number of hydrogen-bond acceptors (Lipinski definition) is 7. The van der Waals surface area contributed by atoms with Crippen molar-refractivity contribution in [1.29, 1.82) is 0 Å². The Morgan fingerprint density at radius 1 is 1.00 bits per heavy atom. The number of imide groups is 1. The van der Waals surface area contributed by atoms with Crippen molar-refractivity contribution < 1.29 is 28.7 Å². The third kappa shape index (κ3) is 5.09. The lowest BCUT2D eigenvalue weighted by Gasteiger charge is -2.28. The summed E-state index contributed by atoms with van der Waals surface area (Å²) in [6.45, 7) is 2.65. The molecule has 0 aromatic heterocycles. The van der Waals surface area contributed by atoms with Gasteiger partial charge in [0.05, 0.1) is 31.5 Å². The summed E-state index contributed by atoms with van der Waals surface area (Å²) in [7, 11) is 0. The molecule has 1 aliphatic carbocycles. The van der Waals surface area contributed by atoms with Crippen molar-refractivity contribution in [3.8, 4) is 0 Å². The van der Waals surface area contributed by atoms with Crippen molar-refractivity contribution in [2.45, 2.75) is 32.1 Å². The lowest BCUT2D eigenvalue weighted by molar-refractivity contribution is -0.148. The molecule has 3 amide bonds. The van der Waals surface area contributed by atoms with Crippen molar-refractivity contribution in [2.24, 2.45) is 11.8 Å². The third-order valence-corrected chi connectivity index (χ3v) is 6.36. The zero-order valence-electron chi connectivity index (χ0n) is 18.1. The molecule has 2 saturated heterocycles. The molecule has 32 heavy (non-hydrogen) atoms. The fourth-order valence-electron chi connectivity index (χ4n) is 4.65. The number of esters is 1. The third-order valence-electron chi connectivity index (χ3n) is 6.36. The molecule has 3 aliphatic rings. The highest BCUT2D eigenvalue weighted by Gasteiger charge is 2.47. The van der Waals surface area contributed by atoms with E-state index in [2.05, 4.69) is 10.2 Å². The van der Waals surface area contributed by atoms with Gasteiger partial charge in [0.25, 0.3) is 5.91 Å². The van der Waals surface area contributed by atoms with E-state index in [9.17, 15) is 19.2 Å². The van der Waals surface area contributed by atoms with E-state index in [1.54, 1.807) is 12.1 Å². The van der Waals surface area contributed by atoms with E-state index in [1.807, 2.05) is 12.1 Å². The van der Waals surface area contributed by atoms with Crippen molar-refractivity contribution >= 4 is 35.1 Å². The number of carbonyl (C=O) groups is 4. The number of fused-ring (bicyclic) bond motifs is 1. The molecule has 0 unspecified atom stereocenters. The maximum absolute atomic E-state index is 12.4. The molecule has 3 fully saturated rings. The van der Waals surface area contributed by atoms with Crippen molar-refractivity contribution in [3.63, 3.8) is 0 Å². The Balaban J connectivity index is 1.18. The molecule has 2 atom stereocenters. The SMILES string of the molecule is O=C(COC(=O)CCN1C(=O)[C@H]2CCCC[C@H]2C1=O)Nc1ccc(N2CCOCC2)cc1. The Morgan fingerprint density at radius 2 is 1.62 bits per heavy atom. The minimum atomic E-state index is -0.613. The normalized spacial score (nSPS) is 23.1. The van der Waals surface area contributed by atoms with E-state index in [1.165, 1.54) is 4.90 Å². The van der Waals surface area contributed by atoms with E-state index >= 15 is 0 Å². The van der Waals surface area contributed by atoms with E-state index in [4.69, 9.17) is 9.47 Å². The molecule has 9 nitrogen and oxygen atoms in total. The summed E-state index contributed by atoms with van der Waals surface area (Å²) < 4.78 is 10.4. The Kier molecular flexibility index (Phi) is 7.04. The average Bonchev–Trinajstić information content (AvgIpc) is 3.07. The largest absolute Gasteiger partial charge is 0.456 e. The van der Waals surface area contributed by atoms with Gasteiger partial charge in [0.15, 0.2) is 6.61 Å². The summed E-state index contributed by atoms with van der Waals surface area (Å²) in [5.74, 6) is -1.87. The molecule has 4 rings (SSSR count). The standard InChI is InChI=1S/C23H29N3O6/c27-20(24-16-5-7-17(8-6-16)25-11-13-31-14-12-25)15-32-21(28)9-10-26-22(29)18-3-1-2-4-19(18)23(26)30/h5-8,18-19H,1-4,9-15H2,(H,24,27)/t18-,19+. The molecule has 1 aromatic carbocycles. The molecule has 2 heterocycles. The maximum Gasteiger partial charge on any atom is 0.308 e. The minimum absolute atomic E-state index is 0.00806. The van der Waals surface area contributed by atoms with Crippen LogP contribution >= 0.6 is 0 Å². The predicted octanol–water partition coefficient (Wildman–Crippen LogP) is 1.57. The van der Waals surface area contributed by atoms with Crippen LogP contribution in [0.2, 0.25) is 0 Å². The lowest BCUT2D eigenvalue weighted by atomic mass is 9.81. The number of hydrogen-bond donors (Lipinski definition) is 1. The molecule has 172 valence electrons. The number of ether oxygens (including phenoxy) is 2. The number of rotatable bonds is 7. The van der Waals surface area contributed by atoms with Crippen LogP contribution in [0.4, 0.5) is 11.4 Å². The predicted molar refractivity (Wildman–Crippen MR) is 116 cm³/mol. The van der Waals surface area contributed by atoms with Crippen LogP contribution in [-0.2, 0) is 28.7 Å². The van der Waals surface area contributed by atoms with Gasteiger partial charge in [-0.3, -0.25) is 24.1 Å². The highest BCUT2D eigenvalue weighted by Crippen LogP contribution is 2.37. The first-order valence-corrected chi connectivity index (χ1v) is 11.3. The number of carbonyl (C=O) groups excluding carboxylic acids is 4. The van der Waals surface area contributed by atoms with Crippen LogP contribution in [0.15, 0.2) is 24.3 Å². The molecule has 9 heteroatoms. The number of morpholine rings is 1. The number of nitrogens with one attached hydrogen (secondary N) is 1. The highest BCUT2D eigenvalue weighted by atomic mass is 16.5. The molecule has 0 spiro atoms. The van der Waals surface area contributed by atoms with Gasteiger partial charge in [-0.05, 0) is 37.1 Å². The topological polar surface area (TPSA) is 105 Å². The molecule has 0 bridgehead atoms. The van der Waals surface area contributed by atoms with E-state index < -0.39 is 18.5 Å². The fraction of sp³-hybridized carbons (Fsp3) is 0.565. The Bertz CT molecular complexity index is 841. The van der Waals surface area contributed by atoms with E-state index in [0.29, 0.717) is 18.9 Å². The molecule has 2 aliphatic heterocycles. The molecule has 1 saturated carbocycles. The number of anilines is 2. The number of amides is 3. The minimum Gasteiger partial charge on any atom is -0.456 e. The summed E-state index contributed by atoms with van der Waals surface area (Å²) in [5.41, 5.74) is 1.67. The summed E-state index contributed by atoms with van der Waals surface area (Å²) >= 11 is 0. The van der Waals surface area contributed by atoms with Gasteiger partial charge in [0.2, 0.25) is 11.8 Å². The molecule has 1 N–H and O–H groups in total. The summed E-state index contributed by atoms with van der Waals surface area (Å²) in [6, 6.07) is 7.45. The van der Waals surface area contributed by atoms with Crippen LogP contribution in [0.1, 0.15) is 32.1 Å². The second-order valence-electron chi connectivity index (χ2n) is 8.43. The lowest BCUT2D eigenvalue weighted by Crippen LogP contribution is -2.36. The summed E-state index contributed by atoms with van der Waals surface area (Å²) in [5, 5.41) is 2.69. The van der Waals surface area contributed by atoms with Gasteiger partial charge >= 0.3 is 5.97 Å². The van der Waals surface area contributed by atoms with Gasteiger partial charge in [-0.1, -0.05) is 12.8 Å². The van der Waals surface area contributed by atoms with E-state index in [0.717, 1.165) is 44.5 Å². The Labute approximate surface area is 187 Å². The summed E-state index contributed by atoms with van der Waals surface area (Å²) in [4.78, 5) is 52.4. The second kappa shape index (κ2) is 10.1. The van der Waals surface area contributed by atoms with Crippen molar-refractivity contribution in [2.75, 3.05) is 49.7 Å². The average molecular weight is 444 g/mol. The van der Waals surface area contributed by atoms with Crippen molar-refractivity contribution in [3.05, 3.63) is 24.3 Å². The van der Waals surface area contributed by atoms with Crippen LogP contribution in [0.5, 0.6) is 0 Å². The Hall–Kier alpha value is -2.94. The molecule has 0 radical (unpaired) electrons. The van der Waals surface area contributed by atoms with Gasteiger partial charge in [-0.25, -0.2) is 0 Å². The van der Waals surface area contributed by atoms with E-state index in [-0.39, 0.29) is 36.6 Å². The quantitative estimate of drug-likeness (QED) is 0.504. The molecular formula is C23H29N3O6. The first-order chi connectivity index (χ1) is 15.5. The second-order valence-corrected chi connectivity index (χ2v) is 8.43. The van der Waals surface area contributed by atoms with Crippen LogP contribution in [-0.4, -0.2) is 68.0 Å². The smallest absolute Gasteiger partial charge is 0.308 e. The number of benzene rings is 1. The molecule has 1 aromatic rings. The van der Waals surface area contributed by atoms with Crippen LogP contribution < -0.4 is 10.2 Å². The zero-order valence-corrected chi connectivity index (χ0v) is 18.1. The summed E-state index contributed by atoms with van der Waals surface area (Å²) in [6.07, 6.45) is 3.29. The fourth-order valence-corrected chi connectivity index (χ4v) is 4.65. The van der Waals surface area contributed by atoms with Gasteiger partial charge < -0.3 is 19.7 Å². The van der Waals surface area contributed by atoms with Crippen LogP contribution in [0, 0.1) is 11.8 Å². The highest BCUT2D eigenvalue weighted by molar-refractivity contribution is 6.05. The van der Waals surface area contributed by atoms with Crippen LogP contribution in [0.25, 0.3) is 0 Å². The first-order valence-electron chi connectivity index (χ1n) is 11.3. The van der Waals surface area contributed by atoms with Gasteiger partial charge in [0, 0.05) is 31.0 Å². The van der Waals surface area contributed by atoms with Gasteiger partial charge in [-0.2, -0.15) is 0 Å². The number of nitrogens with zero attached hydrogens (tertiary/aromatic N) is 2.